The van der Waals surface area contributed by atoms with Crippen LogP contribution in [0.25, 0.3) is 10.8 Å². The molecule has 4 aromatic rings. The number of nitrogens with zero attached hydrogens (tertiary/aromatic N) is 1. The second-order valence-electron chi connectivity index (χ2n) is 10.5. The van der Waals surface area contributed by atoms with Crippen molar-refractivity contribution in [2.75, 3.05) is 17.2 Å². The Morgan fingerprint density at radius 2 is 1.60 bits per heavy atom. The first kappa shape index (κ1) is 29.7. The topological polar surface area (TPSA) is 145 Å². The van der Waals surface area contributed by atoms with Crippen molar-refractivity contribution in [1.82, 2.24) is 9.62 Å². The SMILES string of the molecule is Cc1ccccc1NC(=O)Nc1ccc(S(=O)(=O)N2CCC[C@H]2C(=O)N[C@@H](Cc2ccc3ccccc3c2)C(=O)O)cc1. The molecule has 1 saturated heterocycles. The minimum absolute atomic E-state index is 0.0389. The Morgan fingerprint density at radius 3 is 2.33 bits per heavy atom. The second-order valence-corrected chi connectivity index (χ2v) is 12.4. The van der Waals surface area contributed by atoms with E-state index in [1.54, 1.807) is 12.1 Å². The molecule has 1 fully saturated rings. The van der Waals surface area contributed by atoms with E-state index < -0.39 is 40.0 Å². The standard InChI is InChI=1S/C32H32N4O6S/c1-21-7-2-5-10-27(21)35-32(40)33-25-14-16-26(17-15-25)43(41,42)36-18-6-11-29(36)30(37)34-28(31(38)39)20-22-12-13-23-8-3-4-9-24(23)19-22/h2-5,7-10,12-17,19,28-29H,6,11,18,20H2,1H3,(H,34,37)(H,38,39)(H2,33,35,40)/t28-,29-/m0/s1. The summed E-state index contributed by atoms with van der Waals surface area (Å²) in [5, 5.41) is 19.8. The molecule has 4 aromatic carbocycles. The van der Waals surface area contributed by atoms with Crippen molar-refractivity contribution in [3.63, 3.8) is 0 Å². The van der Waals surface area contributed by atoms with Gasteiger partial charge in [-0.1, -0.05) is 60.7 Å². The third-order valence-corrected chi connectivity index (χ3v) is 9.41. The summed E-state index contributed by atoms with van der Waals surface area (Å²) in [7, 11) is -4.07. The highest BCUT2D eigenvalue weighted by molar-refractivity contribution is 7.89. The number of hydrogen-bond donors (Lipinski definition) is 4. The van der Waals surface area contributed by atoms with Crippen LogP contribution in [0.4, 0.5) is 16.2 Å². The summed E-state index contributed by atoms with van der Waals surface area (Å²) in [5.74, 6) is -1.86. The molecule has 1 aliphatic heterocycles. The highest BCUT2D eigenvalue weighted by atomic mass is 32.2. The molecular formula is C32H32N4O6S. The fourth-order valence-corrected chi connectivity index (χ4v) is 6.86. The number of para-hydroxylation sites is 1. The Bertz CT molecular complexity index is 1770. The van der Waals surface area contributed by atoms with Crippen molar-refractivity contribution in [3.05, 3.63) is 102 Å². The van der Waals surface area contributed by atoms with Gasteiger partial charge in [0.05, 0.1) is 4.90 Å². The van der Waals surface area contributed by atoms with Gasteiger partial charge in [0.1, 0.15) is 12.1 Å². The highest BCUT2D eigenvalue weighted by Gasteiger charge is 2.40. The molecule has 0 aromatic heterocycles. The Balaban J connectivity index is 1.24. The van der Waals surface area contributed by atoms with Gasteiger partial charge in [-0.15, -0.1) is 0 Å². The number of sulfonamides is 1. The van der Waals surface area contributed by atoms with Crippen LogP contribution in [0.3, 0.4) is 0 Å². The van der Waals surface area contributed by atoms with Crippen molar-refractivity contribution < 1.29 is 27.9 Å². The van der Waals surface area contributed by atoms with Crippen LogP contribution in [0, 0.1) is 6.92 Å². The van der Waals surface area contributed by atoms with Crippen LogP contribution in [0.2, 0.25) is 0 Å². The van der Waals surface area contributed by atoms with E-state index in [-0.39, 0.29) is 24.3 Å². The first-order valence-electron chi connectivity index (χ1n) is 13.9. The number of rotatable bonds is 9. The number of carbonyl (C=O) groups is 3. The summed E-state index contributed by atoms with van der Waals surface area (Å²) in [6.45, 7) is 2.00. The van der Waals surface area contributed by atoms with Crippen LogP contribution in [-0.4, -0.2) is 54.4 Å². The van der Waals surface area contributed by atoms with Crippen LogP contribution in [0.1, 0.15) is 24.0 Å². The third-order valence-electron chi connectivity index (χ3n) is 7.49. The van der Waals surface area contributed by atoms with Gasteiger partial charge in [-0.25, -0.2) is 18.0 Å². The molecule has 2 atom stereocenters. The lowest BCUT2D eigenvalue weighted by Gasteiger charge is -2.25. The van der Waals surface area contributed by atoms with Gasteiger partial charge >= 0.3 is 12.0 Å². The molecule has 11 heteroatoms. The Labute approximate surface area is 249 Å². The lowest BCUT2D eigenvalue weighted by atomic mass is 10.0. The maximum Gasteiger partial charge on any atom is 0.326 e. The molecule has 3 amide bonds. The lowest BCUT2D eigenvalue weighted by Crippen LogP contribution is -2.51. The van der Waals surface area contributed by atoms with E-state index in [4.69, 9.17) is 0 Å². The van der Waals surface area contributed by atoms with E-state index in [2.05, 4.69) is 16.0 Å². The molecule has 1 aliphatic rings. The first-order valence-corrected chi connectivity index (χ1v) is 15.3. The quantitative estimate of drug-likeness (QED) is 0.218. The minimum atomic E-state index is -4.07. The van der Waals surface area contributed by atoms with Gasteiger partial charge in [-0.05, 0) is 72.0 Å². The number of benzene rings is 4. The zero-order chi connectivity index (χ0) is 30.6. The van der Waals surface area contributed by atoms with Gasteiger partial charge < -0.3 is 21.1 Å². The highest BCUT2D eigenvalue weighted by Crippen LogP contribution is 2.27. The molecule has 0 spiro atoms. The smallest absolute Gasteiger partial charge is 0.326 e. The van der Waals surface area contributed by atoms with E-state index >= 15 is 0 Å². The monoisotopic (exact) mass is 600 g/mol. The van der Waals surface area contributed by atoms with E-state index in [0.717, 1.165) is 26.2 Å². The third kappa shape index (κ3) is 6.85. The summed E-state index contributed by atoms with van der Waals surface area (Å²) in [5.41, 5.74) is 2.67. The van der Waals surface area contributed by atoms with Crippen molar-refractivity contribution in [1.29, 1.82) is 0 Å². The number of carbonyl (C=O) groups excluding carboxylic acids is 2. The molecule has 43 heavy (non-hydrogen) atoms. The number of hydrogen-bond acceptors (Lipinski definition) is 5. The molecule has 0 aliphatic carbocycles. The molecule has 0 radical (unpaired) electrons. The zero-order valence-electron chi connectivity index (χ0n) is 23.5. The average Bonchev–Trinajstić information content (AvgIpc) is 3.50. The van der Waals surface area contributed by atoms with E-state index in [1.807, 2.05) is 61.5 Å². The minimum Gasteiger partial charge on any atom is -0.480 e. The molecular weight excluding hydrogens is 568 g/mol. The number of aliphatic carboxylic acids is 1. The van der Waals surface area contributed by atoms with Crippen LogP contribution in [0.5, 0.6) is 0 Å². The van der Waals surface area contributed by atoms with Gasteiger partial charge in [-0.2, -0.15) is 4.31 Å². The van der Waals surface area contributed by atoms with Crippen molar-refractivity contribution in [2.24, 2.45) is 0 Å². The predicted octanol–water partition coefficient (Wildman–Crippen LogP) is 4.76. The zero-order valence-corrected chi connectivity index (χ0v) is 24.3. The molecule has 222 valence electrons. The van der Waals surface area contributed by atoms with E-state index in [0.29, 0.717) is 17.8 Å². The molecule has 4 N–H and O–H groups in total. The van der Waals surface area contributed by atoms with E-state index in [9.17, 15) is 27.9 Å². The molecule has 1 heterocycles. The van der Waals surface area contributed by atoms with Gasteiger partial charge in [0, 0.05) is 24.3 Å². The fourth-order valence-electron chi connectivity index (χ4n) is 5.20. The molecule has 0 unspecified atom stereocenters. The molecule has 0 saturated carbocycles. The molecule has 5 rings (SSSR count). The fraction of sp³-hybridized carbons (Fsp3) is 0.219. The van der Waals surface area contributed by atoms with Crippen LogP contribution >= 0.6 is 0 Å². The number of carboxylic acids is 1. The lowest BCUT2D eigenvalue weighted by molar-refractivity contribution is -0.142. The number of nitrogens with one attached hydrogen (secondary N) is 3. The number of fused-ring (bicyclic) bond motifs is 1. The number of anilines is 2. The summed E-state index contributed by atoms with van der Waals surface area (Å²) in [6, 6.07) is 23.5. The first-order chi connectivity index (χ1) is 20.6. The van der Waals surface area contributed by atoms with Crippen molar-refractivity contribution in [2.45, 2.75) is 43.2 Å². The number of carboxylic acid groups (broad SMARTS) is 1. The van der Waals surface area contributed by atoms with Gasteiger partial charge in [-0.3, -0.25) is 4.79 Å². The summed E-state index contributed by atoms with van der Waals surface area (Å²) in [6.07, 6.45) is 0.780. The van der Waals surface area contributed by atoms with E-state index in [1.165, 1.54) is 24.3 Å². The van der Waals surface area contributed by atoms with Crippen molar-refractivity contribution >= 4 is 50.1 Å². The molecule has 10 nitrogen and oxygen atoms in total. The average molecular weight is 601 g/mol. The normalized spacial score (nSPS) is 16.0. The largest absolute Gasteiger partial charge is 0.480 e. The summed E-state index contributed by atoms with van der Waals surface area (Å²) >= 11 is 0. The van der Waals surface area contributed by atoms with Crippen LogP contribution in [0.15, 0.2) is 95.9 Å². The maximum absolute atomic E-state index is 13.5. The number of aryl methyl sites for hydroxylation is 1. The Morgan fingerprint density at radius 1 is 0.907 bits per heavy atom. The maximum atomic E-state index is 13.5. The predicted molar refractivity (Wildman–Crippen MR) is 164 cm³/mol. The van der Waals surface area contributed by atoms with Gasteiger partial charge in [0.25, 0.3) is 0 Å². The van der Waals surface area contributed by atoms with Gasteiger partial charge in [0.2, 0.25) is 15.9 Å². The second kappa shape index (κ2) is 12.6. The number of amides is 3. The van der Waals surface area contributed by atoms with Crippen LogP contribution in [-0.2, 0) is 26.0 Å². The Hall–Kier alpha value is -4.74. The summed E-state index contributed by atoms with van der Waals surface area (Å²) < 4.78 is 28.2. The summed E-state index contributed by atoms with van der Waals surface area (Å²) in [4.78, 5) is 37.7. The van der Waals surface area contributed by atoms with Crippen LogP contribution < -0.4 is 16.0 Å². The Kier molecular flexibility index (Phi) is 8.74. The molecule has 0 bridgehead atoms. The van der Waals surface area contributed by atoms with Gasteiger partial charge in [0.15, 0.2) is 0 Å². The number of urea groups is 1. The van der Waals surface area contributed by atoms with Crippen molar-refractivity contribution in [3.8, 4) is 0 Å².